The average molecular weight is 306 g/mol. The minimum atomic E-state index is -0.0724. The normalized spacial score (nSPS) is 61.2. The highest BCUT2D eigenvalue weighted by atomic mass is 16.3. The first kappa shape index (κ1) is 15.4. The van der Waals surface area contributed by atoms with Crippen LogP contribution in [0.25, 0.3) is 0 Å². The molecule has 0 radical (unpaired) electrons. The summed E-state index contributed by atoms with van der Waals surface area (Å²) in [5.41, 5.74) is 0.639. The minimum absolute atomic E-state index is 0.0592. The Morgan fingerprint density at radius 1 is 0.864 bits per heavy atom. The molecule has 2 heteroatoms. The van der Waals surface area contributed by atoms with Gasteiger partial charge < -0.3 is 10.2 Å². The molecule has 0 aromatic heterocycles. The molecule has 4 aliphatic rings. The molecule has 0 heterocycles. The molecule has 4 saturated carbocycles. The number of aliphatic hydroxyl groups excluding tert-OH is 2. The molecule has 0 unspecified atom stereocenters. The third-order valence-electron chi connectivity index (χ3n) is 8.96. The zero-order valence-corrected chi connectivity index (χ0v) is 14.6. The van der Waals surface area contributed by atoms with E-state index in [0.717, 1.165) is 36.5 Å². The Balaban J connectivity index is 1.63. The molecule has 0 saturated heterocycles. The maximum Gasteiger partial charge on any atom is 0.0596 e. The van der Waals surface area contributed by atoms with Crippen molar-refractivity contribution in [3.8, 4) is 0 Å². The summed E-state index contributed by atoms with van der Waals surface area (Å²) in [5.74, 6) is 3.61. The monoisotopic (exact) mass is 306 g/mol. The maximum atomic E-state index is 10.5. The second-order valence-electron chi connectivity index (χ2n) is 9.78. The fraction of sp³-hybridized carbons (Fsp3) is 1.00. The highest BCUT2D eigenvalue weighted by Crippen LogP contribution is 2.66. The van der Waals surface area contributed by atoms with Gasteiger partial charge in [-0.15, -0.1) is 0 Å². The predicted octanol–water partition coefficient (Wildman–Crippen LogP) is 4.00. The van der Waals surface area contributed by atoms with Gasteiger partial charge in [0.05, 0.1) is 12.2 Å². The van der Waals surface area contributed by atoms with Crippen molar-refractivity contribution < 1.29 is 10.2 Å². The lowest BCUT2D eigenvalue weighted by molar-refractivity contribution is -0.145. The van der Waals surface area contributed by atoms with Crippen molar-refractivity contribution in [2.75, 3.05) is 0 Å². The first-order valence-electron chi connectivity index (χ1n) is 9.72. The number of aliphatic hydroxyl groups is 2. The summed E-state index contributed by atoms with van der Waals surface area (Å²) in [6, 6.07) is 0. The molecular weight excluding hydrogens is 272 g/mol. The Labute approximate surface area is 135 Å². The molecule has 22 heavy (non-hydrogen) atoms. The van der Waals surface area contributed by atoms with Crippen LogP contribution in [0.4, 0.5) is 0 Å². The fourth-order valence-electron chi connectivity index (χ4n) is 7.57. The molecule has 0 amide bonds. The number of hydrogen-bond donors (Lipinski definition) is 2. The Bertz CT molecular complexity index is 449. The number of fused-ring (bicyclic) bond motifs is 5. The van der Waals surface area contributed by atoms with Gasteiger partial charge >= 0.3 is 0 Å². The zero-order chi connectivity index (χ0) is 15.7. The van der Waals surface area contributed by atoms with Crippen LogP contribution < -0.4 is 0 Å². The van der Waals surface area contributed by atoms with E-state index in [2.05, 4.69) is 20.8 Å². The largest absolute Gasteiger partial charge is 0.393 e. The lowest BCUT2D eigenvalue weighted by Gasteiger charge is -2.61. The van der Waals surface area contributed by atoms with E-state index in [-0.39, 0.29) is 17.6 Å². The third-order valence-corrected chi connectivity index (χ3v) is 8.96. The summed E-state index contributed by atoms with van der Waals surface area (Å²) < 4.78 is 0. The molecule has 2 nitrogen and oxygen atoms in total. The van der Waals surface area contributed by atoms with Crippen LogP contribution in [-0.4, -0.2) is 22.4 Å². The van der Waals surface area contributed by atoms with Crippen molar-refractivity contribution in [1.29, 1.82) is 0 Å². The van der Waals surface area contributed by atoms with Crippen LogP contribution in [0.2, 0.25) is 0 Å². The van der Waals surface area contributed by atoms with Gasteiger partial charge in [0, 0.05) is 0 Å². The molecule has 4 aliphatic carbocycles. The fourth-order valence-corrected chi connectivity index (χ4v) is 7.57. The van der Waals surface area contributed by atoms with Gasteiger partial charge in [-0.1, -0.05) is 20.8 Å². The summed E-state index contributed by atoms with van der Waals surface area (Å²) in [6.07, 6.45) is 9.58. The van der Waals surface area contributed by atoms with Crippen molar-refractivity contribution >= 4 is 0 Å². The van der Waals surface area contributed by atoms with E-state index in [9.17, 15) is 10.2 Å². The van der Waals surface area contributed by atoms with Crippen LogP contribution in [0.15, 0.2) is 0 Å². The van der Waals surface area contributed by atoms with Crippen molar-refractivity contribution in [3.63, 3.8) is 0 Å². The van der Waals surface area contributed by atoms with Gasteiger partial charge in [-0.2, -0.15) is 0 Å². The first-order valence-corrected chi connectivity index (χ1v) is 9.72. The average Bonchev–Trinajstić information content (AvgIpc) is 2.77. The molecule has 0 bridgehead atoms. The van der Waals surface area contributed by atoms with E-state index >= 15 is 0 Å². The van der Waals surface area contributed by atoms with Crippen LogP contribution in [0.3, 0.4) is 0 Å². The van der Waals surface area contributed by atoms with Crippen molar-refractivity contribution in [2.24, 2.45) is 40.4 Å². The van der Waals surface area contributed by atoms with E-state index in [1.807, 2.05) is 0 Å². The van der Waals surface area contributed by atoms with Gasteiger partial charge in [0.25, 0.3) is 0 Å². The number of rotatable bonds is 0. The standard InChI is InChI=1S/C20H34O2/c1-12-11-20(3)13(10-17(12)21)4-5-14-15-6-7-18(22)19(15,2)9-8-16(14)20/h12-18,21-22H,4-11H2,1-3H3/t12-,13+,14+,15+,16+,17+,18+,19+,20+/m1/s1. The van der Waals surface area contributed by atoms with Gasteiger partial charge in [-0.05, 0) is 91.8 Å². The molecule has 2 N–H and O–H groups in total. The first-order chi connectivity index (χ1) is 10.4. The SMILES string of the molecule is C[C@@H]1C[C@@]2(C)[C@@H](CC[C@@H]3[C@@H]2CC[C@]2(C)[C@@H](O)CC[C@@H]32)C[C@@H]1O. The lowest BCUT2D eigenvalue weighted by atomic mass is 9.44. The van der Waals surface area contributed by atoms with Crippen molar-refractivity contribution in [3.05, 3.63) is 0 Å². The van der Waals surface area contributed by atoms with E-state index in [4.69, 9.17) is 0 Å². The molecule has 0 aromatic rings. The zero-order valence-electron chi connectivity index (χ0n) is 14.6. The maximum absolute atomic E-state index is 10.5. The summed E-state index contributed by atoms with van der Waals surface area (Å²) in [5, 5.41) is 20.8. The highest BCUT2D eigenvalue weighted by molar-refractivity contribution is 5.09. The van der Waals surface area contributed by atoms with E-state index in [1.54, 1.807) is 0 Å². The van der Waals surface area contributed by atoms with Gasteiger partial charge in [0.15, 0.2) is 0 Å². The van der Waals surface area contributed by atoms with Crippen LogP contribution in [-0.2, 0) is 0 Å². The van der Waals surface area contributed by atoms with Gasteiger partial charge in [-0.25, -0.2) is 0 Å². The Morgan fingerprint density at radius 2 is 1.59 bits per heavy atom. The van der Waals surface area contributed by atoms with E-state index in [1.165, 1.54) is 38.5 Å². The van der Waals surface area contributed by atoms with Crippen LogP contribution in [0, 0.1) is 40.4 Å². The minimum Gasteiger partial charge on any atom is -0.393 e. The van der Waals surface area contributed by atoms with Gasteiger partial charge in [-0.3, -0.25) is 0 Å². The third kappa shape index (κ3) is 1.92. The number of hydrogen-bond acceptors (Lipinski definition) is 2. The summed E-state index contributed by atoms with van der Waals surface area (Å²) in [6.45, 7) is 7.17. The molecule has 0 spiro atoms. The molecule has 4 rings (SSSR count). The van der Waals surface area contributed by atoms with Gasteiger partial charge in [0.1, 0.15) is 0 Å². The van der Waals surface area contributed by atoms with E-state index < -0.39 is 0 Å². The Morgan fingerprint density at radius 3 is 2.36 bits per heavy atom. The van der Waals surface area contributed by atoms with Crippen LogP contribution in [0.1, 0.15) is 72.1 Å². The Hall–Kier alpha value is -0.0800. The van der Waals surface area contributed by atoms with Crippen molar-refractivity contribution in [1.82, 2.24) is 0 Å². The second kappa shape index (κ2) is 4.96. The molecule has 0 aromatic carbocycles. The molecule has 126 valence electrons. The van der Waals surface area contributed by atoms with Crippen LogP contribution in [0.5, 0.6) is 0 Å². The predicted molar refractivity (Wildman–Crippen MR) is 88.3 cm³/mol. The van der Waals surface area contributed by atoms with Crippen LogP contribution >= 0.6 is 0 Å². The molecule has 0 aliphatic heterocycles. The smallest absolute Gasteiger partial charge is 0.0596 e. The highest BCUT2D eigenvalue weighted by Gasteiger charge is 2.60. The summed E-state index contributed by atoms with van der Waals surface area (Å²) >= 11 is 0. The van der Waals surface area contributed by atoms with Gasteiger partial charge in [0.2, 0.25) is 0 Å². The molecular formula is C20H34O2. The van der Waals surface area contributed by atoms with E-state index in [0.29, 0.717) is 11.3 Å². The quantitative estimate of drug-likeness (QED) is 0.710. The van der Waals surface area contributed by atoms with Crippen molar-refractivity contribution in [2.45, 2.75) is 84.3 Å². The Kier molecular flexibility index (Phi) is 3.48. The second-order valence-corrected chi connectivity index (χ2v) is 9.78. The lowest BCUT2D eigenvalue weighted by Crippen LogP contribution is -2.55. The summed E-state index contributed by atoms with van der Waals surface area (Å²) in [4.78, 5) is 0. The topological polar surface area (TPSA) is 40.5 Å². The molecule has 4 fully saturated rings. The molecule has 9 atom stereocenters. The summed E-state index contributed by atoms with van der Waals surface area (Å²) in [7, 11) is 0.